The van der Waals surface area contributed by atoms with Crippen molar-refractivity contribution in [1.29, 1.82) is 0 Å². The molecule has 0 radical (unpaired) electrons. The molecule has 0 atom stereocenters. The molecule has 3 nitrogen and oxygen atoms in total. The molecule has 0 spiro atoms. The Bertz CT molecular complexity index is 384. The third kappa shape index (κ3) is 4.61. The lowest BCUT2D eigenvalue weighted by molar-refractivity contribution is -0.119. The Morgan fingerprint density at radius 1 is 1.53 bits per heavy atom. The molecule has 15 heavy (non-hydrogen) atoms. The first-order valence-corrected chi connectivity index (χ1v) is 5.36. The van der Waals surface area contributed by atoms with Crippen LogP contribution < -0.4 is 5.32 Å². The molecule has 0 saturated carbocycles. The van der Waals surface area contributed by atoms with E-state index in [1.165, 1.54) is 0 Å². The van der Waals surface area contributed by atoms with Crippen LogP contribution in [-0.2, 0) is 11.2 Å². The van der Waals surface area contributed by atoms with E-state index in [1.54, 1.807) is 0 Å². The summed E-state index contributed by atoms with van der Waals surface area (Å²) in [7, 11) is 0. The van der Waals surface area contributed by atoms with Crippen LogP contribution in [0, 0.1) is 6.57 Å². The average Bonchev–Trinajstić information content (AvgIpc) is 2.18. The van der Waals surface area contributed by atoms with Gasteiger partial charge in [0, 0.05) is 11.0 Å². The van der Waals surface area contributed by atoms with Crippen molar-refractivity contribution >= 4 is 21.8 Å². The van der Waals surface area contributed by atoms with Gasteiger partial charge in [0.25, 0.3) is 12.5 Å². The van der Waals surface area contributed by atoms with Crippen LogP contribution in [0.5, 0.6) is 0 Å². The van der Waals surface area contributed by atoms with E-state index in [1.807, 2.05) is 24.3 Å². The molecule has 1 N–H and O–H groups in total. The first-order chi connectivity index (χ1) is 7.22. The minimum absolute atomic E-state index is 0.0848. The smallest absolute Gasteiger partial charge is 0.300 e. The monoisotopic (exact) mass is 266 g/mol. The summed E-state index contributed by atoms with van der Waals surface area (Å²) in [5, 5.41) is 2.68. The van der Waals surface area contributed by atoms with Gasteiger partial charge in [-0.2, -0.15) is 0 Å². The lowest BCUT2D eigenvalue weighted by atomic mass is 10.1. The van der Waals surface area contributed by atoms with E-state index in [9.17, 15) is 4.79 Å². The van der Waals surface area contributed by atoms with Crippen molar-refractivity contribution in [3.05, 3.63) is 45.7 Å². The maximum Gasteiger partial charge on any atom is 0.300 e. The van der Waals surface area contributed by atoms with Crippen LogP contribution >= 0.6 is 15.9 Å². The Labute approximate surface area is 97.4 Å². The number of carbonyl (C=O) groups is 1. The summed E-state index contributed by atoms with van der Waals surface area (Å²) in [6.07, 6.45) is 0.781. The van der Waals surface area contributed by atoms with Crippen molar-refractivity contribution in [2.75, 3.05) is 13.1 Å². The topological polar surface area (TPSA) is 33.5 Å². The third-order valence-electron chi connectivity index (χ3n) is 1.85. The Morgan fingerprint density at radius 2 is 2.33 bits per heavy atom. The number of rotatable bonds is 4. The summed E-state index contributed by atoms with van der Waals surface area (Å²) >= 11 is 3.38. The zero-order valence-corrected chi connectivity index (χ0v) is 9.75. The van der Waals surface area contributed by atoms with Crippen molar-refractivity contribution in [3.8, 4) is 0 Å². The predicted molar refractivity (Wildman–Crippen MR) is 62.3 cm³/mol. The first kappa shape index (κ1) is 11.7. The highest BCUT2D eigenvalue weighted by Crippen LogP contribution is 2.11. The number of nitrogens with zero attached hydrogens (tertiary/aromatic N) is 1. The Kier molecular flexibility index (Phi) is 4.85. The largest absolute Gasteiger partial charge is 0.349 e. The van der Waals surface area contributed by atoms with Crippen LogP contribution in [0.2, 0.25) is 0 Å². The van der Waals surface area contributed by atoms with Gasteiger partial charge in [-0.1, -0.05) is 28.1 Å². The van der Waals surface area contributed by atoms with Crippen molar-refractivity contribution in [1.82, 2.24) is 5.32 Å². The fraction of sp³-hybridized carbons (Fsp3) is 0.273. The quantitative estimate of drug-likeness (QED) is 0.832. The van der Waals surface area contributed by atoms with E-state index < -0.39 is 0 Å². The van der Waals surface area contributed by atoms with Crippen LogP contribution in [0.4, 0.5) is 0 Å². The molecule has 78 valence electrons. The minimum atomic E-state index is -0.208. The molecule has 0 heterocycles. The van der Waals surface area contributed by atoms with Crippen molar-refractivity contribution in [2.45, 2.75) is 6.42 Å². The fourth-order valence-corrected chi connectivity index (χ4v) is 1.61. The number of carbonyl (C=O) groups excluding carboxylic acids is 1. The van der Waals surface area contributed by atoms with Crippen molar-refractivity contribution < 1.29 is 4.79 Å². The highest BCUT2D eigenvalue weighted by atomic mass is 79.9. The molecule has 0 unspecified atom stereocenters. The Hall–Kier alpha value is -1.34. The van der Waals surface area contributed by atoms with E-state index in [2.05, 4.69) is 26.1 Å². The van der Waals surface area contributed by atoms with Gasteiger partial charge >= 0.3 is 0 Å². The minimum Gasteiger partial charge on any atom is -0.349 e. The predicted octanol–water partition coefficient (Wildman–Crippen LogP) is 2.03. The number of benzene rings is 1. The van der Waals surface area contributed by atoms with Crippen LogP contribution in [0.15, 0.2) is 28.7 Å². The number of amides is 1. The second kappa shape index (κ2) is 6.20. The average molecular weight is 267 g/mol. The van der Waals surface area contributed by atoms with Crippen LogP contribution in [0.1, 0.15) is 5.56 Å². The summed E-state index contributed by atoms with van der Waals surface area (Å²) in [5.74, 6) is -0.208. The SMILES string of the molecule is [C-]#[N+]CC(=O)NCCc1cccc(Br)c1. The summed E-state index contributed by atoms with van der Waals surface area (Å²) in [6, 6.07) is 7.94. The molecule has 0 aromatic heterocycles. The molecule has 0 aliphatic rings. The fourth-order valence-electron chi connectivity index (χ4n) is 1.17. The lowest BCUT2D eigenvalue weighted by Gasteiger charge is -2.02. The molecule has 0 saturated heterocycles. The van der Waals surface area contributed by atoms with Gasteiger partial charge in [-0.15, -0.1) is 0 Å². The van der Waals surface area contributed by atoms with Gasteiger partial charge in [-0.3, -0.25) is 4.79 Å². The zero-order valence-electron chi connectivity index (χ0n) is 8.16. The van der Waals surface area contributed by atoms with E-state index in [4.69, 9.17) is 6.57 Å². The summed E-state index contributed by atoms with van der Waals surface area (Å²) in [4.78, 5) is 14.0. The molecule has 1 amide bonds. The third-order valence-corrected chi connectivity index (χ3v) is 2.34. The van der Waals surface area contributed by atoms with E-state index in [-0.39, 0.29) is 12.5 Å². The summed E-state index contributed by atoms with van der Waals surface area (Å²) in [5.41, 5.74) is 1.16. The second-order valence-corrected chi connectivity index (χ2v) is 3.96. The van der Waals surface area contributed by atoms with Gasteiger partial charge in [0.1, 0.15) is 0 Å². The van der Waals surface area contributed by atoms with Crippen LogP contribution in [-0.4, -0.2) is 19.0 Å². The highest BCUT2D eigenvalue weighted by molar-refractivity contribution is 9.10. The molecular formula is C11H11BrN2O. The van der Waals surface area contributed by atoms with E-state index in [0.29, 0.717) is 6.54 Å². The maximum absolute atomic E-state index is 11.0. The van der Waals surface area contributed by atoms with Crippen molar-refractivity contribution in [3.63, 3.8) is 0 Å². The second-order valence-electron chi connectivity index (χ2n) is 3.05. The van der Waals surface area contributed by atoms with E-state index in [0.717, 1.165) is 16.5 Å². The highest BCUT2D eigenvalue weighted by Gasteiger charge is 2.02. The first-order valence-electron chi connectivity index (χ1n) is 4.56. The van der Waals surface area contributed by atoms with Gasteiger partial charge in [0.15, 0.2) is 0 Å². The Morgan fingerprint density at radius 3 is 3.00 bits per heavy atom. The molecule has 1 aromatic carbocycles. The molecular weight excluding hydrogens is 256 g/mol. The normalized spacial score (nSPS) is 9.33. The van der Waals surface area contributed by atoms with Gasteiger partial charge < -0.3 is 10.2 Å². The molecule has 4 heteroatoms. The van der Waals surface area contributed by atoms with Gasteiger partial charge in [-0.25, -0.2) is 6.57 Å². The summed E-state index contributed by atoms with van der Waals surface area (Å²) in [6.45, 7) is 7.01. The number of hydrogen-bond acceptors (Lipinski definition) is 1. The molecule has 0 aliphatic carbocycles. The number of nitrogens with one attached hydrogen (secondary N) is 1. The standard InChI is InChI=1S/C11H11BrN2O/c1-13-8-11(15)14-6-5-9-3-2-4-10(12)7-9/h2-4,7H,5-6,8H2,(H,14,15). The zero-order chi connectivity index (χ0) is 11.1. The maximum atomic E-state index is 11.0. The lowest BCUT2D eigenvalue weighted by Crippen LogP contribution is -2.27. The molecule has 0 fully saturated rings. The van der Waals surface area contributed by atoms with Gasteiger partial charge in [0.05, 0.1) is 0 Å². The van der Waals surface area contributed by atoms with Gasteiger partial charge in [0.2, 0.25) is 0 Å². The van der Waals surface area contributed by atoms with E-state index >= 15 is 0 Å². The molecule has 0 aliphatic heterocycles. The number of halogens is 1. The van der Waals surface area contributed by atoms with Gasteiger partial charge in [-0.05, 0) is 24.1 Å². The number of hydrogen-bond donors (Lipinski definition) is 1. The summed E-state index contributed by atoms with van der Waals surface area (Å²) < 4.78 is 1.03. The molecule has 1 aromatic rings. The molecule has 0 bridgehead atoms. The van der Waals surface area contributed by atoms with Crippen molar-refractivity contribution in [2.24, 2.45) is 0 Å². The molecule has 1 rings (SSSR count). The van der Waals surface area contributed by atoms with Crippen LogP contribution in [0.3, 0.4) is 0 Å². The van der Waals surface area contributed by atoms with Crippen LogP contribution in [0.25, 0.3) is 4.85 Å². The Balaban J connectivity index is 2.32.